The number of pyridine rings is 1. The number of thiazole rings is 1. The van der Waals surface area contributed by atoms with Crippen molar-refractivity contribution in [1.29, 1.82) is 0 Å². The maximum atomic E-state index is 9.31. The Kier molecular flexibility index (Phi) is 5.01. The van der Waals surface area contributed by atoms with E-state index >= 15 is 0 Å². The van der Waals surface area contributed by atoms with Crippen LogP contribution in [-0.4, -0.2) is 27.2 Å². The van der Waals surface area contributed by atoms with Crippen LogP contribution >= 0.6 is 11.3 Å². The van der Waals surface area contributed by atoms with Crippen molar-refractivity contribution in [2.45, 2.75) is 39.0 Å². The first-order valence-corrected chi connectivity index (χ1v) is 7.30. The summed E-state index contributed by atoms with van der Waals surface area (Å²) in [5.41, 5.74) is 1.93. The zero-order chi connectivity index (χ0) is 13.7. The highest BCUT2D eigenvalue weighted by atomic mass is 32.1. The van der Waals surface area contributed by atoms with Gasteiger partial charge >= 0.3 is 0 Å². The average Bonchev–Trinajstić information content (AvgIpc) is 2.85. The molecule has 2 aromatic rings. The fourth-order valence-electron chi connectivity index (χ4n) is 1.87. The molecule has 2 rings (SSSR count). The molecular weight excluding hydrogens is 258 g/mol. The van der Waals surface area contributed by atoms with Gasteiger partial charge in [0.1, 0.15) is 5.01 Å². The molecule has 2 N–H and O–H groups in total. The van der Waals surface area contributed by atoms with E-state index < -0.39 is 0 Å². The van der Waals surface area contributed by atoms with Crippen LogP contribution in [0.1, 0.15) is 26.0 Å². The van der Waals surface area contributed by atoms with Crippen molar-refractivity contribution in [3.63, 3.8) is 0 Å². The van der Waals surface area contributed by atoms with Gasteiger partial charge in [0.25, 0.3) is 0 Å². The van der Waals surface area contributed by atoms with Crippen LogP contribution in [0.15, 0.2) is 29.8 Å². The fourth-order valence-corrected chi connectivity index (χ4v) is 2.66. The average molecular weight is 277 g/mol. The molecule has 0 saturated carbocycles. The second-order valence-electron chi connectivity index (χ2n) is 4.73. The Balaban J connectivity index is 1.91. The van der Waals surface area contributed by atoms with Gasteiger partial charge in [-0.15, -0.1) is 11.3 Å². The highest BCUT2D eigenvalue weighted by Crippen LogP contribution is 2.21. The number of aliphatic hydroxyl groups is 1. The molecule has 0 radical (unpaired) electrons. The van der Waals surface area contributed by atoms with Gasteiger partial charge in [-0.05, 0) is 32.4 Å². The van der Waals surface area contributed by atoms with E-state index in [4.69, 9.17) is 0 Å². The molecule has 0 aliphatic heterocycles. The number of aromatic nitrogens is 2. The van der Waals surface area contributed by atoms with Gasteiger partial charge in [0, 0.05) is 24.2 Å². The summed E-state index contributed by atoms with van der Waals surface area (Å²) in [6.07, 6.45) is 2.25. The predicted octanol–water partition coefficient (Wildman–Crippen LogP) is 2.45. The molecule has 0 aliphatic rings. The topological polar surface area (TPSA) is 58.0 Å². The molecule has 2 atom stereocenters. The molecule has 102 valence electrons. The summed E-state index contributed by atoms with van der Waals surface area (Å²) in [4.78, 5) is 8.85. The third-order valence-electron chi connectivity index (χ3n) is 2.76. The second kappa shape index (κ2) is 6.75. The molecule has 2 aromatic heterocycles. The Bertz CT molecular complexity index is 498. The van der Waals surface area contributed by atoms with E-state index in [0.29, 0.717) is 0 Å². The zero-order valence-corrected chi connectivity index (χ0v) is 12.0. The molecule has 4 nitrogen and oxygen atoms in total. The van der Waals surface area contributed by atoms with Crippen LogP contribution in [0.4, 0.5) is 0 Å². The summed E-state index contributed by atoms with van der Waals surface area (Å²) < 4.78 is 0. The van der Waals surface area contributed by atoms with E-state index in [1.54, 1.807) is 24.5 Å². The van der Waals surface area contributed by atoms with Gasteiger partial charge in [0.15, 0.2) is 0 Å². The summed E-state index contributed by atoms with van der Waals surface area (Å²) in [7, 11) is 0. The highest BCUT2D eigenvalue weighted by molar-refractivity contribution is 7.13. The lowest BCUT2D eigenvalue weighted by molar-refractivity contribution is 0.170. The molecule has 0 aliphatic carbocycles. The van der Waals surface area contributed by atoms with E-state index in [1.807, 2.05) is 23.6 Å². The molecule has 0 fully saturated rings. The van der Waals surface area contributed by atoms with Crippen LogP contribution in [0.25, 0.3) is 10.7 Å². The summed E-state index contributed by atoms with van der Waals surface area (Å²) in [5, 5.41) is 15.7. The summed E-state index contributed by atoms with van der Waals surface area (Å²) in [6.45, 7) is 4.59. The minimum atomic E-state index is -0.276. The molecule has 0 saturated heterocycles. The van der Waals surface area contributed by atoms with Crippen LogP contribution in [0.3, 0.4) is 0 Å². The van der Waals surface area contributed by atoms with Crippen LogP contribution in [-0.2, 0) is 6.54 Å². The van der Waals surface area contributed by atoms with E-state index in [1.165, 1.54) is 0 Å². The normalized spacial score (nSPS) is 14.3. The van der Waals surface area contributed by atoms with Gasteiger partial charge < -0.3 is 10.4 Å². The third kappa shape index (κ3) is 4.38. The maximum Gasteiger partial charge on any atom is 0.142 e. The fraction of sp³-hybridized carbons (Fsp3) is 0.429. The minimum Gasteiger partial charge on any atom is -0.393 e. The van der Waals surface area contributed by atoms with Crippen molar-refractivity contribution in [2.75, 3.05) is 0 Å². The second-order valence-corrected chi connectivity index (χ2v) is 5.58. The van der Waals surface area contributed by atoms with Crippen LogP contribution < -0.4 is 5.32 Å². The van der Waals surface area contributed by atoms with Gasteiger partial charge in [0.2, 0.25) is 0 Å². The Morgan fingerprint density at radius 3 is 2.89 bits per heavy atom. The molecule has 0 spiro atoms. The number of nitrogens with zero attached hydrogens (tertiary/aromatic N) is 2. The van der Waals surface area contributed by atoms with Gasteiger partial charge in [-0.3, -0.25) is 4.98 Å². The van der Waals surface area contributed by atoms with Crippen molar-refractivity contribution in [3.8, 4) is 10.7 Å². The van der Waals surface area contributed by atoms with Gasteiger partial charge in [-0.25, -0.2) is 4.98 Å². The molecule has 2 unspecified atom stereocenters. The smallest absolute Gasteiger partial charge is 0.142 e. The first-order chi connectivity index (χ1) is 9.15. The molecule has 2 heterocycles. The lowest BCUT2D eigenvalue weighted by Gasteiger charge is -2.14. The number of aliphatic hydroxyl groups excluding tert-OH is 1. The quantitative estimate of drug-likeness (QED) is 0.851. The monoisotopic (exact) mass is 277 g/mol. The Morgan fingerprint density at radius 2 is 2.21 bits per heavy atom. The van der Waals surface area contributed by atoms with Crippen molar-refractivity contribution in [2.24, 2.45) is 0 Å². The SMILES string of the molecule is CC(O)CC(C)NCc1csc(-c2ccccn2)n1. The molecule has 0 bridgehead atoms. The first-order valence-electron chi connectivity index (χ1n) is 6.42. The Morgan fingerprint density at radius 1 is 1.37 bits per heavy atom. The van der Waals surface area contributed by atoms with E-state index in [9.17, 15) is 5.11 Å². The molecule has 19 heavy (non-hydrogen) atoms. The van der Waals surface area contributed by atoms with E-state index in [2.05, 4.69) is 22.2 Å². The number of rotatable bonds is 6. The minimum absolute atomic E-state index is 0.276. The van der Waals surface area contributed by atoms with Crippen molar-refractivity contribution in [1.82, 2.24) is 15.3 Å². The van der Waals surface area contributed by atoms with E-state index in [-0.39, 0.29) is 12.1 Å². The van der Waals surface area contributed by atoms with Crippen LogP contribution in [0.5, 0.6) is 0 Å². The van der Waals surface area contributed by atoms with Crippen molar-refractivity contribution < 1.29 is 5.11 Å². The maximum absolute atomic E-state index is 9.31. The molecule has 0 amide bonds. The molecule has 0 aromatic carbocycles. The predicted molar refractivity (Wildman–Crippen MR) is 77.9 cm³/mol. The largest absolute Gasteiger partial charge is 0.393 e. The van der Waals surface area contributed by atoms with E-state index in [0.717, 1.165) is 29.4 Å². The Labute approximate surface area is 117 Å². The first kappa shape index (κ1) is 14.1. The Hall–Kier alpha value is -1.30. The standard InChI is InChI=1S/C14H19N3OS/c1-10(7-11(2)18)16-8-12-9-19-14(17-12)13-5-3-4-6-15-13/h3-6,9-11,16,18H,7-8H2,1-2H3. The summed E-state index contributed by atoms with van der Waals surface area (Å²) in [5.74, 6) is 0. The van der Waals surface area contributed by atoms with Crippen molar-refractivity contribution in [3.05, 3.63) is 35.5 Å². The van der Waals surface area contributed by atoms with Crippen molar-refractivity contribution >= 4 is 11.3 Å². The van der Waals surface area contributed by atoms with Crippen LogP contribution in [0.2, 0.25) is 0 Å². The zero-order valence-electron chi connectivity index (χ0n) is 11.2. The lowest BCUT2D eigenvalue weighted by atomic mass is 10.1. The molecule has 5 heteroatoms. The summed E-state index contributed by atoms with van der Waals surface area (Å²) >= 11 is 1.61. The van der Waals surface area contributed by atoms with Gasteiger partial charge in [-0.2, -0.15) is 0 Å². The molecular formula is C14H19N3OS. The highest BCUT2D eigenvalue weighted by Gasteiger charge is 2.08. The van der Waals surface area contributed by atoms with Gasteiger partial charge in [-0.1, -0.05) is 6.07 Å². The lowest BCUT2D eigenvalue weighted by Crippen LogP contribution is -2.28. The van der Waals surface area contributed by atoms with Crippen LogP contribution in [0, 0.1) is 0 Å². The third-order valence-corrected chi connectivity index (χ3v) is 3.68. The van der Waals surface area contributed by atoms with Gasteiger partial charge in [0.05, 0.1) is 17.5 Å². The summed E-state index contributed by atoms with van der Waals surface area (Å²) in [6, 6.07) is 6.11. The number of hydrogen-bond donors (Lipinski definition) is 2. The number of hydrogen-bond acceptors (Lipinski definition) is 5. The number of nitrogens with one attached hydrogen (secondary N) is 1.